The fourth-order valence-electron chi connectivity index (χ4n) is 1.76. The van der Waals surface area contributed by atoms with E-state index < -0.39 is 0 Å². The summed E-state index contributed by atoms with van der Waals surface area (Å²) < 4.78 is 19.6. The Morgan fingerprint density at radius 1 is 1.33 bits per heavy atom. The Kier molecular flexibility index (Phi) is 5.33. The molecule has 2 rings (SSSR count). The molecular formula is C15H16ClFN2O2. The summed E-state index contributed by atoms with van der Waals surface area (Å²) in [4.78, 5) is 12.0. The minimum atomic E-state index is -0.360. The molecule has 112 valence electrons. The quantitative estimate of drug-likeness (QED) is 0.821. The minimum Gasteiger partial charge on any atom is -0.485 e. The number of unbranched alkanes of at least 4 members (excludes halogenated alkanes) is 1. The highest BCUT2D eigenvalue weighted by atomic mass is 35.5. The van der Waals surface area contributed by atoms with Crippen molar-refractivity contribution in [1.82, 2.24) is 9.78 Å². The van der Waals surface area contributed by atoms with E-state index in [0.717, 1.165) is 18.4 Å². The van der Waals surface area contributed by atoms with Crippen molar-refractivity contribution in [2.75, 3.05) is 0 Å². The molecule has 0 amide bonds. The summed E-state index contributed by atoms with van der Waals surface area (Å²) in [6.07, 6.45) is 3.26. The third-order valence-corrected chi connectivity index (χ3v) is 3.33. The van der Waals surface area contributed by atoms with Crippen molar-refractivity contribution in [2.45, 2.75) is 32.9 Å². The molecule has 0 fully saturated rings. The van der Waals surface area contributed by atoms with E-state index in [9.17, 15) is 9.18 Å². The van der Waals surface area contributed by atoms with Gasteiger partial charge in [-0.3, -0.25) is 4.79 Å². The first-order valence-electron chi connectivity index (χ1n) is 6.74. The summed E-state index contributed by atoms with van der Waals surface area (Å²) in [5.74, 6) is -0.0734. The molecule has 1 heterocycles. The number of aromatic nitrogens is 2. The van der Waals surface area contributed by atoms with E-state index in [2.05, 4.69) is 5.10 Å². The molecule has 0 radical (unpaired) electrons. The van der Waals surface area contributed by atoms with Crippen LogP contribution in [0.25, 0.3) is 0 Å². The van der Waals surface area contributed by atoms with Crippen molar-refractivity contribution in [3.63, 3.8) is 0 Å². The number of hydrogen-bond donors (Lipinski definition) is 0. The van der Waals surface area contributed by atoms with Gasteiger partial charge in [-0.05, 0) is 24.1 Å². The van der Waals surface area contributed by atoms with Crippen LogP contribution in [-0.2, 0) is 13.2 Å². The van der Waals surface area contributed by atoms with Gasteiger partial charge in [-0.25, -0.2) is 9.07 Å². The molecule has 0 saturated heterocycles. The van der Waals surface area contributed by atoms with Crippen LogP contribution >= 0.6 is 11.6 Å². The fourth-order valence-corrected chi connectivity index (χ4v) is 1.96. The van der Waals surface area contributed by atoms with Gasteiger partial charge in [0.05, 0.1) is 6.20 Å². The predicted octanol–water partition coefficient (Wildman–Crippen LogP) is 3.41. The second-order valence-electron chi connectivity index (χ2n) is 4.62. The maximum atomic E-state index is 12.8. The number of benzene rings is 1. The SMILES string of the molecule is CCCCn1ncc(OCc2ccc(F)cc2)c(Cl)c1=O. The molecule has 21 heavy (non-hydrogen) atoms. The van der Waals surface area contributed by atoms with E-state index in [1.165, 1.54) is 23.0 Å². The Morgan fingerprint density at radius 3 is 2.71 bits per heavy atom. The van der Waals surface area contributed by atoms with Crippen LogP contribution in [0.15, 0.2) is 35.3 Å². The van der Waals surface area contributed by atoms with Crippen molar-refractivity contribution < 1.29 is 9.13 Å². The summed E-state index contributed by atoms with van der Waals surface area (Å²) in [7, 11) is 0. The molecule has 0 N–H and O–H groups in total. The number of halogens is 2. The molecule has 2 aromatic rings. The standard InChI is InChI=1S/C15H16ClFN2O2/c1-2-3-8-19-15(20)14(16)13(9-18-19)21-10-11-4-6-12(17)7-5-11/h4-7,9H,2-3,8,10H2,1H3. The van der Waals surface area contributed by atoms with E-state index in [-0.39, 0.29) is 28.8 Å². The van der Waals surface area contributed by atoms with Gasteiger partial charge in [-0.2, -0.15) is 5.10 Å². The van der Waals surface area contributed by atoms with Gasteiger partial charge in [-0.15, -0.1) is 0 Å². The molecule has 4 nitrogen and oxygen atoms in total. The Hall–Kier alpha value is -1.88. The molecular weight excluding hydrogens is 295 g/mol. The average Bonchev–Trinajstić information content (AvgIpc) is 2.49. The van der Waals surface area contributed by atoms with Gasteiger partial charge in [0.1, 0.15) is 12.4 Å². The van der Waals surface area contributed by atoms with Crippen molar-refractivity contribution in [3.05, 3.63) is 57.2 Å². The second-order valence-corrected chi connectivity index (χ2v) is 5.00. The maximum absolute atomic E-state index is 12.8. The van der Waals surface area contributed by atoms with Gasteiger partial charge in [0.25, 0.3) is 5.56 Å². The van der Waals surface area contributed by atoms with Crippen molar-refractivity contribution in [3.8, 4) is 5.75 Å². The Bertz CT molecular complexity index is 656. The lowest BCUT2D eigenvalue weighted by molar-refractivity contribution is 0.302. The van der Waals surface area contributed by atoms with Crippen LogP contribution in [0, 0.1) is 5.82 Å². The lowest BCUT2D eigenvalue weighted by Crippen LogP contribution is -2.23. The third-order valence-electron chi connectivity index (χ3n) is 2.98. The van der Waals surface area contributed by atoms with E-state index in [1.807, 2.05) is 6.92 Å². The van der Waals surface area contributed by atoms with Crippen molar-refractivity contribution in [2.24, 2.45) is 0 Å². The van der Waals surface area contributed by atoms with Crippen molar-refractivity contribution in [1.29, 1.82) is 0 Å². The van der Waals surface area contributed by atoms with Gasteiger partial charge < -0.3 is 4.74 Å². The summed E-state index contributed by atoms with van der Waals surface area (Å²) in [6, 6.07) is 5.92. The molecule has 6 heteroatoms. The van der Waals surface area contributed by atoms with Gasteiger partial charge in [0.2, 0.25) is 0 Å². The average molecular weight is 311 g/mol. The summed E-state index contributed by atoms with van der Waals surface area (Å²) in [5, 5.41) is 4.05. The zero-order valence-electron chi connectivity index (χ0n) is 11.7. The molecule has 0 aliphatic carbocycles. The molecule has 0 spiro atoms. The molecule has 0 aliphatic rings. The lowest BCUT2D eigenvalue weighted by Gasteiger charge is -2.09. The molecule has 1 aromatic carbocycles. The highest BCUT2D eigenvalue weighted by Gasteiger charge is 2.10. The number of nitrogens with zero attached hydrogens (tertiary/aromatic N) is 2. The van der Waals surface area contributed by atoms with Crippen LogP contribution in [0.5, 0.6) is 5.75 Å². The Labute approximate surface area is 127 Å². The second kappa shape index (κ2) is 7.22. The van der Waals surface area contributed by atoms with E-state index in [0.29, 0.717) is 6.54 Å². The predicted molar refractivity (Wildman–Crippen MR) is 79.1 cm³/mol. The Morgan fingerprint density at radius 2 is 2.05 bits per heavy atom. The maximum Gasteiger partial charge on any atom is 0.289 e. The number of aryl methyl sites for hydroxylation is 1. The monoisotopic (exact) mass is 310 g/mol. The van der Waals surface area contributed by atoms with E-state index in [1.54, 1.807) is 12.1 Å². The zero-order chi connectivity index (χ0) is 15.2. The van der Waals surface area contributed by atoms with Gasteiger partial charge >= 0.3 is 0 Å². The molecule has 0 saturated carbocycles. The van der Waals surface area contributed by atoms with Gasteiger partial charge in [0, 0.05) is 6.54 Å². The van der Waals surface area contributed by atoms with Gasteiger partial charge in [0.15, 0.2) is 10.8 Å². The largest absolute Gasteiger partial charge is 0.485 e. The Balaban J connectivity index is 2.08. The number of ether oxygens (including phenoxy) is 1. The minimum absolute atomic E-state index is 0.0169. The lowest BCUT2D eigenvalue weighted by atomic mass is 10.2. The number of rotatable bonds is 6. The molecule has 0 bridgehead atoms. The zero-order valence-corrected chi connectivity index (χ0v) is 12.4. The van der Waals surface area contributed by atoms with E-state index in [4.69, 9.17) is 16.3 Å². The highest BCUT2D eigenvalue weighted by Crippen LogP contribution is 2.19. The first-order valence-corrected chi connectivity index (χ1v) is 7.12. The summed E-state index contributed by atoms with van der Waals surface area (Å²) >= 11 is 6.01. The van der Waals surface area contributed by atoms with Crippen LogP contribution in [0.4, 0.5) is 4.39 Å². The summed E-state index contributed by atoms with van der Waals surface area (Å²) in [5.41, 5.74) is 0.421. The number of hydrogen-bond acceptors (Lipinski definition) is 3. The normalized spacial score (nSPS) is 10.6. The fraction of sp³-hybridized carbons (Fsp3) is 0.333. The van der Waals surface area contributed by atoms with Crippen LogP contribution in [0.2, 0.25) is 5.02 Å². The molecule has 0 atom stereocenters. The highest BCUT2D eigenvalue weighted by molar-refractivity contribution is 6.31. The van der Waals surface area contributed by atoms with Crippen LogP contribution in [0.1, 0.15) is 25.3 Å². The van der Waals surface area contributed by atoms with Crippen molar-refractivity contribution >= 4 is 11.6 Å². The molecule has 1 aromatic heterocycles. The van der Waals surface area contributed by atoms with E-state index >= 15 is 0 Å². The van der Waals surface area contributed by atoms with Crippen LogP contribution < -0.4 is 10.3 Å². The first-order chi connectivity index (χ1) is 10.1. The van der Waals surface area contributed by atoms with Crippen LogP contribution in [0.3, 0.4) is 0 Å². The van der Waals surface area contributed by atoms with Gasteiger partial charge in [-0.1, -0.05) is 37.1 Å². The summed E-state index contributed by atoms with van der Waals surface area (Å²) in [6.45, 7) is 2.76. The topological polar surface area (TPSA) is 44.1 Å². The molecule has 0 aliphatic heterocycles. The first kappa shape index (κ1) is 15.5. The third kappa shape index (κ3) is 4.04. The van der Waals surface area contributed by atoms with Crippen LogP contribution in [-0.4, -0.2) is 9.78 Å². The molecule has 0 unspecified atom stereocenters. The smallest absolute Gasteiger partial charge is 0.289 e.